The molecule has 3 rings (SSSR count). The van der Waals surface area contributed by atoms with Gasteiger partial charge in [0.1, 0.15) is 22.9 Å². The molecule has 0 amide bonds. The Morgan fingerprint density at radius 1 is 1.28 bits per heavy atom. The van der Waals surface area contributed by atoms with Crippen molar-refractivity contribution in [3.05, 3.63) is 47.8 Å². The standard InChI is InChI=1S/C19H19FO5/c1-23-18-8-13(2-4-15(18)19(21)22)16-9-14(20)3-5-17(16)25-11-12-6-7-24-10-12/h2-5,8-9,12H,6-7,10-11H2,1H3,(H,21,22). The van der Waals surface area contributed by atoms with Crippen LogP contribution in [0.5, 0.6) is 11.5 Å². The summed E-state index contributed by atoms with van der Waals surface area (Å²) in [5, 5.41) is 9.19. The van der Waals surface area contributed by atoms with Crippen molar-refractivity contribution in [2.24, 2.45) is 5.92 Å². The number of carboxylic acid groups (broad SMARTS) is 1. The van der Waals surface area contributed by atoms with E-state index in [-0.39, 0.29) is 11.3 Å². The van der Waals surface area contributed by atoms with Crippen LogP contribution in [0.2, 0.25) is 0 Å². The van der Waals surface area contributed by atoms with E-state index in [1.54, 1.807) is 18.2 Å². The molecule has 1 heterocycles. The van der Waals surface area contributed by atoms with Gasteiger partial charge in [0.25, 0.3) is 0 Å². The molecule has 0 aliphatic carbocycles. The Hall–Kier alpha value is -2.60. The number of aromatic carboxylic acids is 1. The fourth-order valence-corrected chi connectivity index (χ4v) is 2.81. The third-order valence-electron chi connectivity index (χ3n) is 4.18. The maximum atomic E-state index is 13.8. The fourth-order valence-electron chi connectivity index (χ4n) is 2.81. The number of ether oxygens (including phenoxy) is 3. The molecule has 1 aliphatic rings. The average Bonchev–Trinajstić information content (AvgIpc) is 3.13. The van der Waals surface area contributed by atoms with Crippen LogP contribution >= 0.6 is 0 Å². The third-order valence-corrected chi connectivity index (χ3v) is 4.18. The molecule has 1 saturated heterocycles. The van der Waals surface area contributed by atoms with E-state index in [1.165, 1.54) is 25.3 Å². The van der Waals surface area contributed by atoms with E-state index in [0.717, 1.165) is 13.0 Å². The van der Waals surface area contributed by atoms with Gasteiger partial charge in [-0.3, -0.25) is 0 Å². The Balaban J connectivity index is 1.92. The van der Waals surface area contributed by atoms with E-state index in [1.807, 2.05) is 0 Å². The van der Waals surface area contributed by atoms with Crippen LogP contribution in [-0.4, -0.2) is 38.0 Å². The van der Waals surface area contributed by atoms with Gasteiger partial charge in [-0.05, 0) is 42.3 Å². The van der Waals surface area contributed by atoms with Gasteiger partial charge in [-0.2, -0.15) is 0 Å². The van der Waals surface area contributed by atoms with Crippen molar-refractivity contribution in [2.75, 3.05) is 26.9 Å². The summed E-state index contributed by atoms with van der Waals surface area (Å²) in [6, 6.07) is 8.92. The summed E-state index contributed by atoms with van der Waals surface area (Å²) in [4.78, 5) is 11.2. The van der Waals surface area contributed by atoms with Crippen molar-refractivity contribution in [3.8, 4) is 22.6 Å². The zero-order valence-corrected chi connectivity index (χ0v) is 13.8. The first-order valence-electron chi connectivity index (χ1n) is 8.00. The highest BCUT2D eigenvalue weighted by molar-refractivity contribution is 5.92. The molecule has 0 aromatic heterocycles. The van der Waals surface area contributed by atoms with E-state index in [9.17, 15) is 14.3 Å². The van der Waals surface area contributed by atoms with Gasteiger partial charge in [-0.25, -0.2) is 9.18 Å². The number of hydrogen-bond donors (Lipinski definition) is 1. The quantitative estimate of drug-likeness (QED) is 0.865. The lowest BCUT2D eigenvalue weighted by atomic mass is 10.0. The van der Waals surface area contributed by atoms with Crippen LogP contribution < -0.4 is 9.47 Å². The van der Waals surface area contributed by atoms with Crippen LogP contribution in [-0.2, 0) is 4.74 Å². The zero-order valence-electron chi connectivity index (χ0n) is 13.8. The Morgan fingerprint density at radius 2 is 2.12 bits per heavy atom. The van der Waals surface area contributed by atoms with Gasteiger partial charge in [0.2, 0.25) is 0 Å². The summed E-state index contributed by atoms with van der Waals surface area (Å²) in [6.45, 7) is 1.89. The van der Waals surface area contributed by atoms with Gasteiger partial charge in [0, 0.05) is 18.1 Å². The van der Waals surface area contributed by atoms with Crippen molar-refractivity contribution >= 4 is 5.97 Å². The molecule has 2 aromatic rings. The lowest BCUT2D eigenvalue weighted by Crippen LogP contribution is -2.12. The lowest BCUT2D eigenvalue weighted by Gasteiger charge is -2.15. The summed E-state index contributed by atoms with van der Waals surface area (Å²) in [5.74, 6) is -0.405. The molecular weight excluding hydrogens is 327 g/mol. The first-order valence-corrected chi connectivity index (χ1v) is 8.00. The number of halogens is 1. The largest absolute Gasteiger partial charge is 0.496 e. The Kier molecular flexibility index (Phi) is 5.19. The van der Waals surface area contributed by atoms with Crippen LogP contribution in [0.1, 0.15) is 16.8 Å². The molecule has 1 atom stereocenters. The molecule has 132 valence electrons. The van der Waals surface area contributed by atoms with E-state index in [0.29, 0.717) is 36.0 Å². The molecule has 0 radical (unpaired) electrons. The molecule has 1 N–H and O–H groups in total. The zero-order chi connectivity index (χ0) is 17.8. The van der Waals surface area contributed by atoms with Crippen molar-refractivity contribution in [3.63, 3.8) is 0 Å². The first kappa shape index (κ1) is 17.2. The molecule has 0 bridgehead atoms. The van der Waals surface area contributed by atoms with Crippen molar-refractivity contribution in [2.45, 2.75) is 6.42 Å². The Labute approximate surface area is 144 Å². The first-order chi connectivity index (χ1) is 12.1. The molecular formula is C19H19FO5. The smallest absolute Gasteiger partial charge is 0.339 e. The maximum Gasteiger partial charge on any atom is 0.339 e. The summed E-state index contributed by atoms with van der Waals surface area (Å²) in [6.07, 6.45) is 0.942. The Morgan fingerprint density at radius 3 is 2.80 bits per heavy atom. The lowest BCUT2D eigenvalue weighted by molar-refractivity contribution is 0.0693. The topological polar surface area (TPSA) is 65.0 Å². The van der Waals surface area contributed by atoms with Crippen molar-refractivity contribution in [1.82, 2.24) is 0 Å². The molecule has 25 heavy (non-hydrogen) atoms. The molecule has 0 spiro atoms. The average molecular weight is 346 g/mol. The van der Waals surface area contributed by atoms with Gasteiger partial charge in [-0.1, -0.05) is 6.07 Å². The van der Waals surface area contributed by atoms with Crippen LogP contribution in [0.4, 0.5) is 4.39 Å². The molecule has 1 unspecified atom stereocenters. The number of rotatable bonds is 6. The molecule has 1 fully saturated rings. The predicted octanol–water partition coefficient (Wildman–Crippen LogP) is 3.61. The summed E-state index contributed by atoms with van der Waals surface area (Å²) in [7, 11) is 1.40. The van der Waals surface area contributed by atoms with Crippen molar-refractivity contribution < 1.29 is 28.5 Å². The minimum atomic E-state index is -1.08. The number of methoxy groups -OCH3 is 1. The van der Waals surface area contributed by atoms with Gasteiger partial charge in [0.05, 0.1) is 20.3 Å². The minimum Gasteiger partial charge on any atom is -0.496 e. The molecule has 0 saturated carbocycles. The van der Waals surface area contributed by atoms with E-state index >= 15 is 0 Å². The second-order valence-electron chi connectivity index (χ2n) is 5.90. The van der Waals surface area contributed by atoms with Gasteiger partial charge in [0.15, 0.2) is 0 Å². The highest BCUT2D eigenvalue weighted by atomic mass is 19.1. The summed E-state index contributed by atoms with van der Waals surface area (Å²) in [5.41, 5.74) is 1.22. The molecule has 6 heteroatoms. The molecule has 2 aromatic carbocycles. The maximum absolute atomic E-state index is 13.8. The van der Waals surface area contributed by atoms with Crippen molar-refractivity contribution in [1.29, 1.82) is 0 Å². The highest BCUT2D eigenvalue weighted by Gasteiger charge is 2.18. The van der Waals surface area contributed by atoms with Gasteiger partial charge < -0.3 is 19.3 Å². The number of hydrogen-bond acceptors (Lipinski definition) is 4. The monoisotopic (exact) mass is 346 g/mol. The van der Waals surface area contributed by atoms with E-state index in [4.69, 9.17) is 14.2 Å². The molecule has 1 aliphatic heterocycles. The van der Waals surface area contributed by atoms with E-state index < -0.39 is 11.8 Å². The minimum absolute atomic E-state index is 0.0493. The third kappa shape index (κ3) is 3.91. The second kappa shape index (κ2) is 7.53. The van der Waals surface area contributed by atoms with Gasteiger partial charge in [-0.15, -0.1) is 0 Å². The van der Waals surface area contributed by atoms with Gasteiger partial charge >= 0.3 is 5.97 Å². The normalized spacial score (nSPS) is 16.6. The number of carboxylic acids is 1. The number of carbonyl (C=O) groups is 1. The van der Waals surface area contributed by atoms with E-state index in [2.05, 4.69) is 0 Å². The van der Waals surface area contributed by atoms with Crippen LogP contribution in [0.3, 0.4) is 0 Å². The predicted molar refractivity (Wildman–Crippen MR) is 89.8 cm³/mol. The van der Waals surface area contributed by atoms with Crippen LogP contribution in [0.25, 0.3) is 11.1 Å². The second-order valence-corrected chi connectivity index (χ2v) is 5.90. The summed E-state index contributed by atoms with van der Waals surface area (Å²) < 4.78 is 30.1. The number of benzene rings is 2. The highest BCUT2D eigenvalue weighted by Crippen LogP contribution is 2.34. The molecule has 5 nitrogen and oxygen atoms in total. The van der Waals surface area contributed by atoms with Crippen LogP contribution in [0.15, 0.2) is 36.4 Å². The Bertz CT molecular complexity index is 768. The SMILES string of the molecule is COc1cc(-c2cc(F)ccc2OCC2CCOC2)ccc1C(=O)O. The summed E-state index contributed by atoms with van der Waals surface area (Å²) >= 11 is 0. The fraction of sp³-hybridized carbons (Fsp3) is 0.316. The van der Waals surface area contributed by atoms with Crippen LogP contribution in [0, 0.1) is 11.7 Å².